The highest BCUT2D eigenvalue weighted by atomic mass is 32.1. The van der Waals surface area contributed by atoms with Crippen LogP contribution in [0.2, 0.25) is 0 Å². The Bertz CT molecular complexity index is 881. The van der Waals surface area contributed by atoms with Gasteiger partial charge in [-0.05, 0) is 26.0 Å². The summed E-state index contributed by atoms with van der Waals surface area (Å²) in [6, 6.07) is 6.85. The average molecular weight is 341 g/mol. The minimum atomic E-state index is -4.62. The van der Waals surface area contributed by atoms with E-state index < -0.39 is 18.0 Å². The molecule has 3 rings (SSSR count). The molecule has 5 nitrogen and oxygen atoms in total. The molecule has 0 bridgehead atoms. The summed E-state index contributed by atoms with van der Waals surface area (Å²) in [5, 5.41) is 3.39. The van der Waals surface area contributed by atoms with E-state index in [1.54, 1.807) is 24.3 Å². The lowest BCUT2D eigenvalue weighted by atomic mass is 10.2. The largest absolute Gasteiger partial charge is 0.453 e. The second-order valence-electron chi connectivity index (χ2n) is 4.85. The van der Waals surface area contributed by atoms with Crippen molar-refractivity contribution < 1.29 is 22.7 Å². The van der Waals surface area contributed by atoms with Gasteiger partial charge in [0.25, 0.3) is 5.82 Å². The molecule has 0 spiro atoms. The lowest BCUT2D eigenvalue weighted by Crippen LogP contribution is -2.10. The first kappa shape index (κ1) is 15.5. The van der Waals surface area contributed by atoms with Crippen molar-refractivity contribution in [1.82, 2.24) is 14.6 Å². The highest BCUT2D eigenvalue weighted by molar-refractivity contribution is 7.19. The maximum absolute atomic E-state index is 12.6. The maximum atomic E-state index is 12.6. The Hall–Kier alpha value is -2.42. The normalized spacial score (nSPS) is 11.9. The number of aromatic nitrogens is 3. The molecule has 0 aliphatic heterocycles. The van der Waals surface area contributed by atoms with Gasteiger partial charge in [-0.15, -0.1) is 5.10 Å². The lowest BCUT2D eigenvalue weighted by molar-refractivity contribution is -0.144. The third kappa shape index (κ3) is 2.91. The van der Waals surface area contributed by atoms with Crippen LogP contribution in [0, 0.1) is 13.8 Å². The van der Waals surface area contributed by atoms with E-state index >= 15 is 0 Å². The van der Waals surface area contributed by atoms with Crippen LogP contribution in [0.25, 0.3) is 4.96 Å². The number of benzene rings is 1. The van der Waals surface area contributed by atoms with Crippen LogP contribution in [0.15, 0.2) is 24.3 Å². The Balaban J connectivity index is 1.90. The zero-order valence-electron chi connectivity index (χ0n) is 12.0. The van der Waals surface area contributed by atoms with Crippen molar-refractivity contribution in [1.29, 1.82) is 0 Å². The SMILES string of the molecule is Cc1ccc(OC(=O)c2sc3nc(C(F)(F)F)nn3c2C)cc1. The van der Waals surface area contributed by atoms with Gasteiger partial charge >= 0.3 is 12.1 Å². The molecule has 0 saturated carbocycles. The van der Waals surface area contributed by atoms with E-state index in [1.165, 1.54) is 6.92 Å². The van der Waals surface area contributed by atoms with E-state index in [9.17, 15) is 18.0 Å². The molecule has 0 fully saturated rings. The summed E-state index contributed by atoms with van der Waals surface area (Å²) in [5.74, 6) is -1.53. The fraction of sp³-hybridized carbons (Fsp3) is 0.214. The summed E-state index contributed by atoms with van der Waals surface area (Å²) in [7, 11) is 0. The molecule has 0 saturated heterocycles. The van der Waals surface area contributed by atoms with Crippen LogP contribution < -0.4 is 4.74 Å². The molecule has 2 aromatic heterocycles. The number of aryl methyl sites for hydroxylation is 2. The van der Waals surface area contributed by atoms with Gasteiger partial charge in [0.1, 0.15) is 10.6 Å². The van der Waals surface area contributed by atoms with Gasteiger partial charge < -0.3 is 4.74 Å². The topological polar surface area (TPSA) is 56.5 Å². The maximum Gasteiger partial charge on any atom is 0.453 e. The Morgan fingerprint density at radius 1 is 1.22 bits per heavy atom. The standard InChI is InChI=1S/C14H10F3N3O2S/c1-7-3-5-9(6-4-7)22-11(21)10-8(2)20-13(23-10)18-12(19-20)14(15,16)17/h3-6H,1-2H3. The number of esters is 1. The molecule has 0 radical (unpaired) electrons. The molecule has 120 valence electrons. The Morgan fingerprint density at radius 2 is 1.87 bits per heavy atom. The van der Waals surface area contributed by atoms with Crippen molar-refractivity contribution in [3.05, 3.63) is 46.2 Å². The van der Waals surface area contributed by atoms with E-state index in [2.05, 4.69) is 10.1 Å². The van der Waals surface area contributed by atoms with Crippen LogP contribution in [0.3, 0.4) is 0 Å². The van der Waals surface area contributed by atoms with E-state index in [0.717, 1.165) is 21.4 Å². The highest BCUT2D eigenvalue weighted by Gasteiger charge is 2.37. The number of fused-ring (bicyclic) bond motifs is 1. The number of hydrogen-bond donors (Lipinski definition) is 0. The van der Waals surface area contributed by atoms with Gasteiger partial charge in [-0.3, -0.25) is 0 Å². The van der Waals surface area contributed by atoms with Crippen molar-refractivity contribution >= 4 is 22.3 Å². The number of nitrogens with zero attached hydrogens (tertiary/aromatic N) is 3. The first-order valence-electron chi connectivity index (χ1n) is 6.48. The second-order valence-corrected chi connectivity index (χ2v) is 5.82. The highest BCUT2D eigenvalue weighted by Crippen LogP contribution is 2.30. The van der Waals surface area contributed by atoms with Gasteiger partial charge in [0.2, 0.25) is 4.96 Å². The third-order valence-electron chi connectivity index (χ3n) is 3.09. The van der Waals surface area contributed by atoms with Gasteiger partial charge in [-0.25, -0.2) is 9.31 Å². The van der Waals surface area contributed by atoms with Crippen LogP contribution >= 0.6 is 11.3 Å². The lowest BCUT2D eigenvalue weighted by Gasteiger charge is -2.03. The zero-order valence-corrected chi connectivity index (χ0v) is 12.8. The number of ether oxygens (including phenoxy) is 1. The van der Waals surface area contributed by atoms with E-state index in [0.29, 0.717) is 5.75 Å². The molecule has 0 atom stereocenters. The summed E-state index contributed by atoms with van der Waals surface area (Å²) in [6.07, 6.45) is -4.62. The van der Waals surface area contributed by atoms with Crippen LogP contribution in [-0.4, -0.2) is 20.6 Å². The number of halogens is 3. The van der Waals surface area contributed by atoms with Gasteiger partial charge in [-0.2, -0.15) is 18.2 Å². The van der Waals surface area contributed by atoms with Crippen molar-refractivity contribution in [2.24, 2.45) is 0 Å². The van der Waals surface area contributed by atoms with E-state index in [1.807, 2.05) is 6.92 Å². The number of thiazole rings is 1. The fourth-order valence-electron chi connectivity index (χ4n) is 1.91. The minimum absolute atomic E-state index is 0.00863. The fourth-order valence-corrected chi connectivity index (χ4v) is 2.85. The molecule has 0 amide bonds. The van der Waals surface area contributed by atoms with Crippen LogP contribution in [0.4, 0.5) is 13.2 Å². The molecule has 0 aliphatic carbocycles. The molecular formula is C14H10F3N3O2S. The molecular weight excluding hydrogens is 331 g/mol. The van der Waals surface area contributed by atoms with Crippen molar-refractivity contribution in [2.75, 3.05) is 0 Å². The Labute approximate surface area is 132 Å². The first-order valence-corrected chi connectivity index (χ1v) is 7.29. The summed E-state index contributed by atoms with van der Waals surface area (Å²) < 4.78 is 44.0. The van der Waals surface area contributed by atoms with Gasteiger partial charge in [0.05, 0.1) is 5.69 Å². The molecule has 0 N–H and O–H groups in total. The van der Waals surface area contributed by atoms with Crippen LogP contribution in [0.5, 0.6) is 5.75 Å². The van der Waals surface area contributed by atoms with Gasteiger partial charge in [-0.1, -0.05) is 29.0 Å². The van der Waals surface area contributed by atoms with Crippen molar-refractivity contribution in [3.8, 4) is 5.75 Å². The average Bonchev–Trinajstić information content (AvgIpc) is 3.01. The number of hydrogen-bond acceptors (Lipinski definition) is 5. The van der Waals surface area contributed by atoms with Crippen LogP contribution in [-0.2, 0) is 6.18 Å². The van der Waals surface area contributed by atoms with E-state index in [4.69, 9.17) is 4.74 Å². The number of carbonyl (C=O) groups excluding carboxylic acids is 1. The third-order valence-corrected chi connectivity index (χ3v) is 4.20. The quantitative estimate of drug-likeness (QED) is 0.527. The van der Waals surface area contributed by atoms with Gasteiger partial charge in [0, 0.05) is 0 Å². The van der Waals surface area contributed by atoms with E-state index in [-0.39, 0.29) is 15.5 Å². The number of alkyl halides is 3. The molecule has 0 unspecified atom stereocenters. The summed E-state index contributed by atoms with van der Waals surface area (Å²) in [6.45, 7) is 3.39. The minimum Gasteiger partial charge on any atom is -0.422 e. The summed E-state index contributed by atoms with van der Waals surface area (Å²) in [4.78, 5) is 15.7. The predicted molar refractivity (Wildman–Crippen MR) is 76.7 cm³/mol. The van der Waals surface area contributed by atoms with Crippen LogP contribution in [0.1, 0.15) is 26.8 Å². The summed E-state index contributed by atoms with van der Waals surface area (Å²) in [5.41, 5.74) is 1.27. The summed E-state index contributed by atoms with van der Waals surface area (Å²) >= 11 is 0.806. The van der Waals surface area contributed by atoms with Crippen molar-refractivity contribution in [3.63, 3.8) is 0 Å². The first-order chi connectivity index (χ1) is 10.8. The number of carbonyl (C=O) groups is 1. The Morgan fingerprint density at radius 3 is 2.43 bits per heavy atom. The molecule has 0 aliphatic rings. The molecule has 3 aromatic rings. The number of rotatable bonds is 2. The zero-order chi connectivity index (χ0) is 16.8. The molecule has 9 heteroatoms. The molecule has 1 aromatic carbocycles. The van der Waals surface area contributed by atoms with Gasteiger partial charge in [0.15, 0.2) is 0 Å². The monoisotopic (exact) mass is 341 g/mol. The molecule has 2 heterocycles. The predicted octanol–water partition coefficient (Wildman–Crippen LogP) is 3.65. The second kappa shape index (κ2) is 5.34. The smallest absolute Gasteiger partial charge is 0.422 e. The van der Waals surface area contributed by atoms with Crippen molar-refractivity contribution in [2.45, 2.75) is 20.0 Å². The Kier molecular flexibility index (Phi) is 3.59. The molecule has 23 heavy (non-hydrogen) atoms.